The Morgan fingerprint density at radius 1 is 1.06 bits per heavy atom. The number of hydrogen-bond donors (Lipinski definition) is 1. The summed E-state index contributed by atoms with van der Waals surface area (Å²) in [5, 5.41) is 3.83. The van der Waals surface area contributed by atoms with Crippen molar-refractivity contribution in [2.75, 3.05) is 0 Å². The van der Waals surface area contributed by atoms with Crippen molar-refractivity contribution in [1.82, 2.24) is 5.32 Å². The van der Waals surface area contributed by atoms with Gasteiger partial charge in [-0.1, -0.05) is 48.0 Å². The van der Waals surface area contributed by atoms with Gasteiger partial charge in [-0.15, -0.1) is 0 Å². The highest BCUT2D eigenvalue weighted by Crippen LogP contribution is 2.55. The lowest BCUT2D eigenvalue weighted by atomic mass is 9.49. The molecule has 0 aliphatic heterocycles. The Labute approximate surface area is 115 Å². The Morgan fingerprint density at radius 3 is 1.89 bits per heavy atom. The summed E-state index contributed by atoms with van der Waals surface area (Å²) >= 11 is 0. The third kappa shape index (κ3) is 3.29. The van der Waals surface area contributed by atoms with Crippen LogP contribution in [0, 0.1) is 22.7 Å². The second-order valence-electron chi connectivity index (χ2n) is 8.88. The zero-order valence-corrected chi connectivity index (χ0v) is 14.1. The van der Waals surface area contributed by atoms with E-state index < -0.39 is 0 Å². The smallest absolute Gasteiger partial charge is 0.0154 e. The lowest BCUT2D eigenvalue weighted by Gasteiger charge is -2.61. The third-order valence-corrected chi connectivity index (χ3v) is 5.24. The molecular formula is C17H35N. The van der Waals surface area contributed by atoms with Gasteiger partial charge < -0.3 is 5.32 Å². The number of rotatable bonds is 4. The van der Waals surface area contributed by atoms with Crippen molar-refractivity contribution in [3.05, 3.63) is 0 Å². The summed E-state index contributed by atoms with van der Waals surface area (Å²) in [6, 6.07) is 0.662. The van der Waals surface area contributed by atoms with Crippen molar-refractivity contribution >= 4 is 0 Å². The van der Waals surface area contributed by atoms with Gasteiger partial charge >= 0.3 is 0 Å². The Kier molecular flexibility index (Phi) is 4.28. The van der Waals surface area contributed by atoms with E-state index in [-0.39, 0.29) is 5.54 Å². The highest BCUT2D eigenvalue weighted by atomic mass is 15.0. The van der Waals surface area contributed by atoms with E-state index in [2.05, 4.69) is 67.6 Å². The molecule has 3 unspecified atom stereocenters. The molecule has 108 valence electrons. The van der Waals surface area contributed by atoms with Gasteiger partial charge in [0.25, 0.3) is 0 Å². The number of nitrogens with one attached hydrogen (secondary N) is 1. The van der Waals surface area contributed by atoms with Crippen molar-refractivity contribution < 1.29 is 0 Å². The summed E-state index contributed by atoms with van der Waals surface area (Å²) in [5.74, 6) is 1.65. The second kappa shape index (κ2) is 4.81. The van der Waals surface area contributed by atoms with Crippen LogP contribution < -0.4 is 5.32 Å². The molecular weight excluding hydrogens is 218 g/mol. The molecule has 0 aromatic rings. The minimum atomic E-state index is 0.224. The molecule has 0 aromatic carbocycles. The molecule has 1 saturated carbocycles. The molecule has 1 fully saturated rings. The quantitative estimate of drug-likeness (QED) is 0.754. The van der Waals surface area contributed by atoms with E-state index in [1.54, 1.807) is 0 Å². The largest absolute Gasteiger partial charge is 0.309 e. The van der Waals surface area contributed by atoms with Crippen LogP contribution in [0.3, 0.4) is 0 Å². The van der Waals surface area contributed by atoms with E-state index in [0.717, 1.165) is 11.8 Å². The van der Waals surface area contributed by atoms with Crippen LogP contribution in [0.5, 0.6) is 0 Å². The lowest BCUT2D eigenvalue weighted by Crippen LogP contribution is -2.66. The molecule has 0 saturated heterocycles. The van der Waals surface area contributed by atoms with Crippen LogP contribution in [-0.4, -0.2) is 11.6 Å². The van der Waals surface area contributed by atoms with Crippen LogP contribution in [0.2, 0.25) is 0 Å². The summed E-state index contributed by atoms with van der Waals surface area (Å²) in [7, 11) is 0. The van der Waals surface area contributed by atoms with Crippen LogP contribution in [0.4, 0.5) is 0 Å². The minimum absolute atomic E-state index is 0.224. The van der Waals surface area contributed by atoms with Crippen molar-refractivity contribution in [2.45, 2.75) is 86.7 Å². The molecule has 0 spiro atoms. The van der Waals surface area contributed by atoms with Crippen molar-refractivity contribution in [3.8, 4) is 0 Å². The lowest BCUT2D eigenvalue weighted by molar-refractivity contribution is -0.0842. The maximum atomic E-state index is 3.83. The van der Waals surface area contributed by atoms with E-state index in [1.807, 2.05) is 0 Å². The van der Waals surface area contributed by atoms with Crippen molar-refractivity contribution in [3.63, 3.8) is 0 Å². The predicted molar refractivity (Wildman–Crippen MR) is 81.8 cm³/mol. The number of hydrogen-bond acceptors (Lipinski definition) is 1. The monoisotopic (exact) mass is 253 g/mol. The second-order valence-corrected chi connectivity index (χ2v) is 8.88. The van der Waals surface area contributed by atoms with E-state index in [0.29, 0.717) is 16.9 Å². The molecule has 1 N–H and O–H groups in total. The molecule has 1 nitrogen and oxygen atoms in total. The van der Waals surface area contributed by atoms with Gasteiger partial charge in [0, 0.05) is 11.6 Å². The average Bonchev–Trinajstić information content (AvgIpc) is 2.21. The summed E-state index contributed by atoms with van der Waals surface area (Å²) in [5.41, 5.74) is 1.14. The maximum absolute atomic E-state index is 3.83. The van der Waals surface area contributed by atoms with E-state index in [1.165, 1.54) is 12.8 Å². The first-order chi connectivity index (χ1) is 7.91. The molecule has 3 atom stereocenters. The van der Waals surface area contributed by atoms with Gasteiger partial charge in [-0.05, 0) is 49.9 Å². The molecule has 0 aromatic heterocycles. The molecule has 1 aliphatic rings. The first kappa shape index (κ1) is 16.0. The van der Waals surface area contributed by atoms with Crippen LogP contribution >= 0.6 is 0 Å². The topological polar surface area (TPSA) is 12.0 Å². The molecule has 0 heterocycles. The van der Waals surface area contributed by atoms with Crippen LogP contribution in [0.15, 0.2) is 0 Å². The Bertz CT molecular complexity index is 282. The van der Waals surface area contributed by atoms with E-state index in [9.17, 15) is 0 Å². The third-order valence-electron chi connectivity index (χ3n) is 5.24. The van der Waals surface area contributed by atoms with E-state index >= 15 is 0 Å². The molecule has 1 aliphatic carbocycles. The molecule has 1 rings (SSSR count). The summed E-state index contributed by atoms with van der Waals surface area (Å²) < 4.78 is 0. The van der Waals surface area contributed by atoms with Crippen LogP contribution in [0.1, 0.15) is 75.2 Å². The van der Waals surface area contributed by atoms with Gasteiger partial charge in [0.05, 0.1) is 0 Å². The zero-order valence-electron chi connectivity index (χ0n) is 14.1. The van der Waals surface area contributed by atoms with Gasteiger partial charge in [0.2, 0.25) is 0 Å². The normalized spacial score (nSPS) is 32.2. The minimum Gasteiger partial charge on any atom is -0.309 e. The van der Waals surface area contributed by atoms with Crippen LogP contribution in [0.25, 0.3) is 0 Å². The highest BCUT2D eigenvalue weighted by Gasteiger charge is 2.55. The van der Waals surface area contributed by atoms with Crippen molar-refractivity contribution in [2.24, 2.45) is 22.7 Å². The molecule has 0 amide bonds. The summed E-state index contributed by atoms with van der Waals surface area (Å²) in [6.45, 7) is 21.3. The fraction of sp³-hybridized carbons (Fsp3) is 1.00. The predicted octanol–water partition coefficient (Wildman–Crippen LogP) is 4.86. The first-order valence-corrected chi connectivity index (χ1v) is 7.68. The van der Waals surface area contributed by atoms with Gasteiger partial charge in [-0.2, -0.15) is 0 Å². The maximum Gasteiger partial charge on any atom is 0.0154 e. The average molecular weight is 253 g/mol. The highest BCUT2D eigenvalue weighted by molar-refractivity contribution is 5.08. The standard InChI is InChI=1S/C17H35N/c1-10-16(6,7)11-13-12(2)14(17(13,8)9)18-15(3,4)5/h12-14,18H,10-11H2,1-9H3. The zero-order chi connectivity index (χ0) is 14.4. The Hall–Kier alpha value is -0.0400. The summed E-state index contributed by atoms with van der Waals surface area (Å²) in [6.07, 6.45) is 2.64. The Balaban J connectivity index is 2.71. The van der Waals surface area contributed by atoms with Gasteiger partial charge in [-0.25, -0.2) is 0 Å². The SMILES string of the molecule is CCC(C)(C)CC1C(C)C(NC(C)(C)C)C1(C)C. The summed E-state index contributed by atoms with van der Waals surface area (Å²) in [4.78, 5) is 0. The van der Waals surface area contributed by atoms with Gasteiger partial charge in [-0.3, -0.25) is 0 Å². The first-order valence-electron chi connectivity index (χ1n) is 7.68. The van der Waals surface area contributed by atoms with Gasteiger partial charge in [0.15, 0.2) is 0 Å². The molecule has 0 radical (unpaired) electrons. The van der Waals surface area contributed by atoms with Crippen LogP contribution in [-0.2, 0) is 0 Å². The Morgan fingerprint density at radius 2 is 1.56 bits per heavy atom. The molecule has 18 heavy (non-hydrogen) atoms. The van der Waals surface area contributed by atoms with Gasteiger partial charge in [0.1, 0.15) is 0 Å². The molecule has 0 bridgehead atoms. The molecule has 1 heteroatoms. The fourth-order valence-corrected chi connectivity index (χ4v) is 3.67. The fourth-order valence-electron chi connectivity index (χ4n) is 3.67. The van der Waals surface area contributed by atoms with Crippen molar-refractivity contribution in [1.29, 1.82) is 0 Å². The van der Waals surface area contributed by atoms with E-state index in [4.69, 9.17) is 0 Å².